The van der Waals surface area contributed by atoms with Crippen LogP contribution in [-0.2, 0) is 37.7 Å². The first-order chi connectivity index (χ1) is 30.7. The number of rotatable bonds is 8. The van der Waals surface area contributed by atoms with Crippen molar-refractivity contribution in [3.05, 3.63) is 199 Å². The van der Waals surface area contributed by atoms with Crippen molar-refractivity contribution < 1.29 is 38.2 Å². The van der Waals surface area contributed by atoms with Crippen LogP contribution in [0.15, 0.2) is 145 Å². The van der Waals surface area contributed by atoms with Crippen molar-refractivity contribution >= 4 is 91.4 Å². The normalized spacial score (nSPS) is 14.5. The number of ether oxygens (including phenoxy) is 2. The predicted octanol–water partition coefficient (Wildman–Crippen LogP) is 9.58. The van der Waals surface area contributed by atoms with E-state index in [9.17, 15) is 28.8 Å². The molecule has 0 atom stereocenters. The number of nitrogens with zero attached hydrogens (tertiary/aromatic N) is 2. The van der Waals surface area contributed by atoms with Gasteiger partial charge in [0.2, 0.25) is 0 Å². The highest BCUT2D eigenvalue weighted by Gasteiger charge is 2.63. The van der Waals surface area contributed by atoms with Crippen LogP contribution in [0.1, 0.15) is 74.0 Å². The van der Waals surface area contributed by atoms with Crippen molar-refractivity contribution in [1.82, 2.24) is 9.97 Å². The quantitative estimate of drug-likeness (QED) is 0.0627. The summed E-state index contributed by atoms with van der Waals surface area (Å²) in [6.45, 7) is -0.406. The van der Waals surface area contributed by atoms with Crippen molar-refractivity contribution in [2.24, 2.45) is 0 Å². The summed E-state index contributed by atoms with van der Waals surface area (Å²) in [6, 6.07) is 39.5. The number of benzene rings is 6. The number of hydrogen-bond donors (Lipinski definition) is 0. The van der Waals surface area contributed by atoms with E-state index >= 15 is 0 Å². The lowest BCUT2D eigenvalue weighted by Crippen LogP contribution is -2.46. The molecule has 0 saturated heterocycles. The maximum absolute atomic E-state index is 14.9. The highest BCUT2D eigenvalue weighted by molar-refractivity contribution is 7.23. The fourth-order valence-corrected chi connectivity index (χ4v) is 10.7. The van der Waals surface area contributed by atoms with Gasteiger partial charge in [-0.05, 0) is 69.1 Å². The minimum Gasteiger partial charge on any atom is -0.459 e. The molecular weight excluding hydrogens is 833 g/mol. The number of esters is 2. The first kappa shape index (κ1) is 38.1. The number of thiazole rings is 2. The Kier molecular flexibility index (Phi) is 8.89. The second kappa shape index (κ2) is 14.7. The Labute approximate surface area is 365 Å². The molecule has 0 N–H and O–H groups in total. The highest BCUT2D eigenvalue weighted by atomic mass is 32.1. The van der Waals surface area contributed by atoms with Crippen molar-refractivity contribution in [1.29, 1.82) is 0 Å². The summed E-state index contributed by atoms with van der Waals surface area (Å²) in [6.07, 6.45) is 2.77. The molecule has 6 aromatic carbocycles. The van der Waals surface area contributed by atoms with Crippen LogP contribution in [0.2, 0.25) is 0 Å². The lowest BCUT2D eigenvalue weighted by Gasteiger charge is -2.24. The Morgan fingerprint density at radius 2 is 0.794 bits per heavy atom. The van der Waals surface area contributed by atoms with Crippen LogP contribution in [0, 0.1) is 0 Å². The lowest BCUT2D eigenvalue weighted by atomic mass is 9.84. The van der Waals surface area contributed by atoms with Crippen molar-refractivity contribution in [2.45, 2.75) is 18.6 Å². The van der Waals surface area contributed by atoms with E-state index in [2.05, 4.69) is 0 Å². The van der Waals surface area contributed by atoms with Gasteiger partial charge in [-0.15, -0.1) is 22.7 Å². The van der Waals surface area contributed by atoms with Crippen LogP contribution < -0.4 is 0 Å². The van der Waals surface area contributed by atoms with E-state index in [-0.39, 0.29) is 68.0 Å². The zero-order chi connectivity index (χ0) is 43.0. The van der Waals surface area contributed by atoms with Gasteiger partial charge in [0.05, 0.1) is 32.3 Å². The van der Waals surface area contributed by atoms with Crippen LogP contribution in [0.4, 0.5) is 0 Å². The predicted molar refractivity (Wildman–Crippen MR) is 238 cm³/mol. The Bertz CT molecular complexity index is 3080. The molecule has 0 radical (unpaired) electrons. The topological polar surface area (TPSA) is 147 Å². The second-order valence-electron chi connectivity index (χ2n) is 15.3. The van der Waals surface area contributed by atoms with Gasteiger partial charge in [0, 0.05) is 22.3 Å². The van der Waals surface area contributed by atoms with Gasteiger partial charge in [-0.3, -0.25) is 19.2 Å². The van der Waals surface area contributed by atoms with E-state index in [0.29, 0.717) is 20.9 Å². The molecule has 12 heteroatoms. The molecule has 302 valence electrons. The number of carbonyl (C=O) groups is 6. The average molecular weight is 861 g/mol. The van der Waals surface area contributed by atoms with Gasteiger partial charge in [-0.1, -0.05) is 109 Å². The number of hydrogen-bond acceptors (Lipinski definition) is 12. The smallest absolute Gasteiger partial charge is 0.336 e. The Balaban J connectivity index is 1.05. The summed E-state index contributed by atoms with van der Waals surface area (Å²) in [7, 11) is 0. The third-order valence-corrected chi connectivity index (χ3v) is 13.7. The lowest BCUT2D eigenvalue weighted by molar-refractivity contribution is -0.164. The Morgan fingerprint density at radius 3 is 1.13 bits per heavy atom. The number of aromatic nitrogens is 2. The molecule has 2 aromatic heterocycles. The molecule has 0 bridgehead atoms. The fraction of sp³-hybridized carbons (Fsp3) is 0.0588. The van der Waals surface area contributed by atoms with Gasteiger partial charge in [0.1, 0.15) is 23.2 Å². The molecule has 0 aliphatic heterocycles. The maximum Gasteiger partial charge on any atom is 0.336 e. The standard InChI is InChI=1S/C51H28N2O8S2/c54-41-33-19-29-15-7-8-16-30(29)20-34(33)42(55)37(41)23-39-52-47-45(62-39)46-48(53-40(63-46)24-38-43(56)35-21-31-17-9-10-18-32(31)22-36(35)44(38)57)51(47,49(58)60-25-27-11-3-1-4-12-27)50(59)61-26-28-13-5-2-6-14-28/h1-24H,25-26H2. The second-order valence-corrected chi connectivity index (χ2v) is 17.3. The number of fused-ring (bicyclic) bond motifs is 7. The molecule has 0 spiro atoms. The first-order valence-corrected chi connectivity index (χ1v) is 21.5. The molecule has 63 heavy (non-hydrogen) atoms. The van der Waals surface area contributed by atoms with Crippen LogP contribution in [0.5, 0.6) is 0 Å². The van der Waals surface area contributed by atoms with Crippen LogP contribution >= 0.6 is 22.7 Å². The summed E-state index contributed by atoms with van der Waals surface area (Å²) in [5.74, 6) is -3.92. The minimum absolute atomic E-state index is 0.0308. The number of allylic oxidation sites excluding steroid dienone is 2. The monoisotopic (exact) mass is 860 g/mol. The third kappa shape index (κ3) is 6.05. The van der Waals surface area contributed by atoms with Gasteiger partial charge < -0.3 is 9.47 Å². The minimum atomic E-state index is -2.39. The molecular formula is C51H28N2O8S2. The SMILES string of the molecule is O=C1C(=Cc2nc3c(s2)-c2sc(C=C4C(=O)c5cc6ccccc6cc5C4=O)nc2C3(C(=O)OCc2ccccc2)C(=O)OCc2ccccc2)C(=O)c2cc3ccccc3cc21. The van der Waals surface area contributed by atoms with E-state index in [4.69, 9.17) is 19.4 Å². The van der Waals surface area contributed by atoms with Gasteiger partial charge >= 0.3 is 11.9 Å². The molecule has 8 aromatic rings. The number of Topliss-reactive ketones (excluding diaryl/α,β-unsaturated/α-hetero) is 4. The largest absolute Gasteiger partial charge is 0.459 e. The van der Waals surface area contributed by atoms with E-state index in [0.717, 1.165) is 44.2 Å². The number of carbonyl (C=O) groups excluding carboxylic acids is 6. The van der Waals surface area contributed by atoms with Crippen LogP contribution in [-0.4, -0.2) is 45.0 Å². The summed E-state index contributed by atoms with van der Waals surface area (Å²) in [5, 5.41) is 3.58. The first-order valence-electron chi connectivity index (χ1n) is 19.8. The molecule has 0 unspecified atom stereocenters. The van der Waals surface area contributed by atoms with Gasteiger partial charge in [0.15, 0.2) is 23.1 Å². The van der Waals surface area contributed by atoms with Gasteiger partial charge in [-0.2, -0.15) is 0 Å². The zero-order valence-corrected chi connectivity index (χ0v) is 34.4. The number of ketones is 4. The zero-order valence-electron chi connectivity index (χ0n) is 32.7. The maximum atomic E-state index is 14.9. The van der Waals surface area contributed by atoms with Crippen LogP contribution in [0.25, 0.3) is 43.5 Å². The van der Waals surface area contributed by atoms with E-state index in [1.165, 1.54) is 12.2 Å². The highest BCUT2D eigenvalue weighted by Crippen LogP contribution is 2.55. The summed E-state index contributed by atoms with van der Waals surface area (Å²) >= 11 is 2.12. The third-order valence-electron chi connectivity index (χ3n) is 11.5. The molecule has 0 fully saturated rings. The molecule has 0 saturated carbocycles. The summed E-state index contributed by atoms with van der Waals surface area (Å²) in [4.78, 5) is 95.6. The average Bonchev–Trinajstić information content (AvgIpc) is 4.08. The molecule has 3 aliphatic rings. The summed E-state index contributed by atoms with van der Waals surface area (Å²) < 4.78 is 11.9. The van der Waals surface area contributed by atoms with E-state index in [1.807, 2.05) is 60.7 Å². The molecule has 2 heterocycles. The summed E-state index contributed by atoms with van der Waals surface area (Å²) in [5.41, 5.74) is -0.290. The molecule has 11 rings (SSSR count). The Morgan fingerprint density at radius 1 is 0.476 bits per heavy atom. The molecule has 3 aliphatic carbocycles. The van der Waals surface area contributed by atoms with E-state index < -0.39 is 40.5 Å². The van der Waals surface area contributed by atoms with Gasteiger partial charge in [0.25, 0.3) is 5.41 Å². The van der Waals surface area contributed by atoms with Crippen LogP contribution in [0.3, 0.4) is 0 Å². The van der Waals surface area contributed by atoms with Crippen molar-refractivity contribution in [3.8, 4) is 9.75 Å². The fourth-order valence-electron chi connectivity index (χ4n) is 8.39. The van der Waals surface area contributed by atoms with E-state index in [1.54, 1.807) is 72.8 Å². The molecule has 0 amide bonds. The van der Waals surface area contributed by atoms with Gasteiger partial charge in [-0.25, -0.2) is 19.6 Å². The van der Waals surface area contributed by atoms with Crippen molar-refractivity contribution in [3.63, 3.8) is 0 Å². The molecule has 10 nitrogen and oxygen atoms in total. The Hall–Kier alpha value is -7.80. The van der Waals surface area contributed by atoms with Crippen molar-refractivity contribution in [2.75, 3.05) is 0 Å².